The molecule has 0 aliphatic heterocycles. The first-order valence-electron chi connectivity index (χ1n) is 9.59. The molecular formula is C22H21ClN4OS2. The van der Waals surface area contributed by atoms with Crippen molar-refractivity contribution in [1.29, 1.82) is 5.26 Å². The van der Waals surface area contributed by atoms with Gasteiger partial charge in [0.15, 0.2) is 5.13 Å². The monoisotopic (exact) mass is 456 g/mol. The van der Waals surface area contributed by atoms with Gasteiger partial charge in [-0.15, -0.1) is 11.3 Å². The number of benzene rings is 1. The van der Waals surface area contributed by atoms with Crippen molar-refractivity contribution in [3.05, 3.63) is 58.1 Å². The molecule has 0 aliphatic carbocycles. The van der Waals surface area contributed by atoms with Gasteiger partial charge < -0.3 is 5.32 Å². The molecule has 1 atom stereocenters. The van der Waals surface area contributed by atoms with Crippen LogP contribution in [0.25, 0.3) is 11.3 Å². The van der Waals surface area contributed by atoms with Crippen LogP contribution >= 0.6 is 34.7 Å². The molecule has 0 fully saturated rings. The Morgan fingerprint density at radius 3 is 2.83 bits per heavy atom. The van der Waals surface area contributed by atoms with Crippen LogP contribution in [0.4, 0.5) is 5.13 Å². The summed E-state index contributed by atoms with van der Waals surface area (Å²) in [4.78, 5) is 21.8. The summed E-state index contributed by atoms with van der Waals surface area (Å²) in [6.07, 6.45) is 2.98. The van der Waals surface area contributed by atoms with E-state index in [9.17, 15) is 10.1 Å². The Kier molecular flexibility index (Phi) is 7.86. The zero-order chi connectivity index (χ0) is 21.5. The maximum Gasteiger partial charge on any atom is 0.239 e. The number of carbonyl (C=O) groups is 1. The lowest BCUT2D eigenvalue weighted by atomic mass is 10.2. The molecule has 0 spiro atoms. The summed E-state index contributed by atoms with van der Waals surface area (Å²) in [5.74, 6) is -0.190. The van der Waals surface area contributed by atoms with Crippen LogP contribution in [-0.2, 0) is 11.2 Å². The summed E-state index contributed by atoms with van der Waals surface area (Å²) in [6, 6.07) is 13.3. The zero-order valence-corrected chi connectivity index (χ0v) is 19.1. The molecule has 0 radical (unpaired) electrons. The highest BCUT2D eigenvalue weighted by atomic mass is 35.5. The van der Waals surface area contributed by atoms with Crippen LogP contribution in [0.1, 0.15) is 37.9 Å². The van der Waals surface area contributed by atoms with Crippen molar-refractivity contribution in [1.82, 2.24) is 9.97 Å². The molecular weight excluding hydrogens is 436 g/mol. The maximum absolute atomic E-state index is 12.7. The fraction of sp³-hybridized carbons (Fsp3) is 0.273. The molecule has 8 heteroatoms. The van der Waals surface area contributed by atoms with Crippen LogP contribution in [-0.4, -0.2) is 21.1 Å². The smallest absolute Gasteiger partial charge is 0.239 e. The number of halogens is 1. The Hall–Kier alpha value is -2.40. The van der Waals surface area contributed by atoms with Crippen molar-refractivity contribution in [3.8, 4) is 17.3 Å². The number of nitrogens with one attached hydrogen (secondary N) is 1. The molecule has 1 unspecified atom stereocenters. The summed E-state index contributed by atoms with van der Waals surface area (Å²) < 4.78 is 0. The Bertz CT molecular complexity index is 1080. The second-order valence-electron chi connectivity index (χ2n) is 6.64. The van der Waals surface area contributed by atoms with Gasteiger partial charge in [-0.3, -0.25) is 4.79 Å². The molecule has 154 valence electrons. The number of amides is 1. The van der Waals surface area contributed by atoms with E-state index in [2.05, 4.69) is 28.3 Å². The molecule has 2 heterocycles. The van der Waals surface area contributed by atoms with Gasteiger partial charge in [0.05, 0.1) is 16.5 Å². The molecule has 3 aromatic rings. The Balaban J connectivity index is 1.68. The van der Waals surface area contributed by atoms with E-state index in [0.29, 0.717) is 20.7 Å². The summed E-state index contributed by atoms with van der Waals surface area (Å²) >= 11 is 8.86. The van der Waals surface area contributed by atoms with E-state index in [1.807, 2.05) is 35.7 Å². The van der Waals surface area contributed by atoms with Crippen molar-refractivity contribution in [3.63, 3.8) is 0 Å². The Morgan fingerprint density at radius 1 is 1.30 bits per heavy atom. The molecule has 0 bridgehead atoms. The fourth-order valence-corrected chi connectivity index (χ4v) is 4.56. The SMILES string of the molecule is CCCCc1ccc(C#N)c(SC(C)C(=O)Nc2nc(-c3ccccc3Cl)cs2)n1. The third-order valence-corrected chi connectivity index (χ3v) is 6.56. The predicted molar refractivity (Wildman–Crippen MR) is 124 cm³/mol. The lowest BCUT2D eigenvalue weighted by Crippen LogP contribution is -2.22. The van der Waals surface area contributed by atoms with E-state index in [1.54, 1.807) is 13.0 Å². The van der Waals surface area contributed by atoms with Gasteiger partial charge in [-0.1, -0.05) is 54.9 Å². The van der Waals surface area contributed by atoms with Crippen molar-refractivity contribution in [2.24, 2.45) is 0 Å². The quantitative estimate of drug-likeness (QED) is 0.408. The minimum atomic E-state index is -0.432. The standard InChI is InChI=1S/C22H21ClN4OS2/c1-3-4-7-16-11-10-15(12-24)21(25-16)30-14(2)20(28)27-22-26-19(13-29-22)17-8-5-6-9-18(17)23/h5-6,8-11,13-14H,3-4,7H2,1-2H3,(H,26,27,28). The molecule has 30 heavy (non-hydrogen) atoms. The first kappa shape index (κ1) is 22.3. The number of anilines is 1. The number of nitrogens with zero attached hydrogens (tertiary/aromatic N) is 3. The number of aromatic nitrogens is 2. The van der Waals surface area contributed by atoms with Crippen LogP contribution in [0.5, 0.6) is 0 Å². The molecule has 1 N–H and O–H groups in total. The van der Waals surface area contributed by atoms with Crippen molar-refractivity contribution < 1.29 is 4.79 Å². The molecule has 0 saturated heterocycles. The highest BCUT2D eigenvalue weighted by molar-refractivity contribution is 8.00. The number of carbonyl (C=O) groups excluding carboxylic acids is 1. The summed E-state index contributed by atoms with van der Waals surface area (Å²) in [5.41, 5.74) is 2.97. The number of rotatable bonds is 8. The minimum Gasteiger partial charge on any atom is -0.301 e. The largest absolute Gasteiger partial charge is 0.301 e. The number of pyridine rings is 1. The predicted octanol–water partition coefficient (Wildman–Crippen LogP) is 6.19. The van der Waals surface area contributed by atoms with Crippen LogP contribution in [0.15, 0.2) is 46.8 Å². The molecule has 3 rings (SSSR count). The molecule has 2 aromatic heterocycles. The van der Waals surface area contributed by atoms with Gasteiger partial charge in [0, 0.05) is 21.7 Å². The lowest BCUT2D eigenvalue weighted by molar-refractivity contribution is -0.115. The molecule has 5 nitrogen and oxygen atoms in total. The zero-order valence-electron chi connectivity index (χ0n) is 16.7. The molecule has 1 aromatic carbocycles. The molecule has 0 saturated carbocycles. The normalized spacial score (nSPS) is 11.7. The molecule has 1 amide bonds. The van der Waals surface area contributed by atoms with Crippen molar-refractivity contribution in [2.45, 2.75) is 43.4 Å². The van der Waals surface area contributed by atoms with E-state index in [-0.39, 0.29) is 5.91 Å². The lowest BCUT2D eigenvalue weighted by Gasteiger charge is -2.12. The summed E-state index contributed by atoms with van der Waals surface area (Å²) in [5, 5.41) is 15.4. The van der Waals surface area contributed by atoms with Crippen LogP contribution < -0.4 is 5.32 Å². The fourth-order valence-electron chi connectivity index (χ4n) is 2.70. The highest BCUT2D eigenvalue weighted by Gasteiger charge is 2.19. The summed E-state index contributed by atoms with van der Waals surface area (Å²) in [6.45, 7) is 3.92. The summed E-state index contributed by atoms with van der Waals surface area (Å²) in [7, 11) is 0. The van der Waals surface area contributed by atoms with E-state index >= 15 is 0 Å². The second-order valence-corrected chi connectivity index (χ2v) is 9.23. The number of hydrogen-bond donors (Lipinski definition) is 1. The van der Waals surface area contributed by atoms with Gasteiger partial charge in [0.2, 0.25) is 5.91 Å². The second kappa shape index (κ2) is 10.6. The van der Waals surface area contributed by atoms with Gasteiger partial charge in [0.1, 0.15) is 11.1 Å². The van der Waals surface area contributed by atoms with E-state index in [0.717, 1.165) is 36.2 Å². The van der Waals surface area contributed by atoms with Crippen LogP contribution in [0.3, 0.4) is 0 Å². The number of aryl methyl sites for hydroxylation is 1. The topological polar surface area (TPSA) is 78.7 Å². The van der Waals surface area contributed by atoms with Gasteiger partial charge >= 0.3 is 0 Å². The van der Waals surface area contributed by atoms with E-state index in [1.165, 1.54) is 23.1 Å². The number of hydrogen-bond acceptors (Lipinski definition) is 6. The number of thioether (sulfide) groups is 1. The van der Waals surface area contributed by atoms with Crippen LogP contribution in [0.2, 0.25) is 5.02 Å². The first-order chi connectivity index (χ1) is 14.5. The maximum atomic E-state index is 12.7. The van der Waals surface area contributed by atoms with E-state index in [4.69, 9.17) is 11.6 Å². The van der Waals surface area contributed by atoms with Crippen molar-refractivity contribution >= 4 is 45.7 Å². The van der Waals surface area contributed by atoms with Gasteiger partial charge in [0.25, 0.3) is 0 Å². The number of thiazole rings is 1. The number of nitriles is 1. The number of unbranched alkanes of at least 4 members (excludes halogenated alkanes) is 1. The molecule has 0 aliphatic rings. The van der Waals surface area contributed by atoms with E-state index < -0.39 is 5.25 Å². The van der Waals surface area contributed by atoms with Gasteiger partial charge in [-0.25, -0.2) is 9.97 Å². The highest BCUT2D eigenvalue weighted by Crippen LogP contribution is 2.31. The Morgan fingerprint density at radius 2 is 2.10 bits per heavy atom. The van der Waals surface area contributed by atoms with Crippen LogP contribution in [0, 0.1) is 11.3 Å². The first-order valence-corrected chi connectivity index (χ1v) is 11.7. The van der Waals surface area contributed by atoms with Crippen molar-refractivity contribution in [2.75, 3.05) is 5.32 Å². The third kappa shape index (κ3) is 5.60. The minimum absolute atomic E-state index is 0.190. The van der Waals surface area contributed by atoms with Gasteiger partial charge in [-0.2, -0.15) is 5.26 Å². The van der Waals surface area contributed by atoms with Gasteiger partial charge in [-0.05, 0) is 38.0 Å². The average Bonchev–Trinajstić information content (AvgIpc) is 3.20. The Labute approximate surface area is 189 Å². The third-order valence-electron chi connectivity index (χ3n) is 4.37. The average molecular weight is 457 g/mol.